The molecule has 1 amide bonds. The number of aryl methyl sites for hydroxylation is 3. The van der Waals surface area contributed by atoms with Gasteiger partial charge in [-0.3, -0.25) is 4.79 Å². The number of nitrogens with zero attached hydrogens (tertiary/aromatic N) is 3. The van der Waals surface area contributed by atoms with Crippen LogP contribution in [0.5, 0.6) is 0 Å². The number of carbonyl (C=O) groups excluding carboxylic acids is 1. The summed E-state index contributed by atoms with van der Waals surface area (Å²) in [6.45, 7) is 6.10. The van der Waals surface area contributed by atoms with Crippen LogP contribution in [0.15, 0.2) is 60.7 Å². The summed E-state index contributed by atoms with van der Waals surface area (Å²) >= 11 is 0. The van der Waals surface area contributed by atoms with Gasteiger partial charge < -0.3 is 5.32 Å². The predicted molar refractivity (Wildman–Crippen MR) is 112 cm³/mol. The Morgan fingerprint density at radius 3 is 2.25 bits per heavy atom. The van der Waals surface area contributed by atoms with E-state index in [1.54, 1.807) is 4.80 Å². The molecule has 0 fully saturated rings. The summed E-state index contributed by atoms with van der Waals surface area (Å²) < 4.78 is 0. The number of rotatable bonds is 4. The molecule has 1 aromatic heterocycles. The number of amides is 1. The van der Waals surface area contributed by atoms with Crippen molar-refractivity contribution in [3.05, 3.63) is 82.9 Å². The van der Waals surface area contributed by atoms with Crippen LogP contribution >= 0.6 is 0 Å². The van der Waals surface area contributed by atoms with Gasteiger partial charge in [-0.25, -0.2) is 0 Å². The second-order valence-electron chi connectivity index (χ2n) is 7.04. The zero-order valence-corrected chi connectivity index (χ0v) is 16.2. The molecule has 0 saturated heterocycles. The summed E-state index contributed by atoms with van der Waals surface area (Å²) in [6, 6.07) is 19.6. The Bertz CT molecular complexity index is 1140. The van der Waals surface area contributed by atoms with E-state index in [4.69, 9.17) is 0 Å². The molecule has 0 spiro atoms. The molecule has 0 aliphatic heterocycles. The minimum absolute atomic E-state index is 0.131. The highest BCUT2D eigenvalue weighted by molar-refractivity contribution is 6.05. The largest absolute Gasteiger partial charge is 0.322 e. The van der Waals surface area contributed by atoms with Crippen LogP contribution in [0.2, 0.25) is 0 Å². The van der Waals surface area contributed by atoms with Crippen LogP contribution < -0.4 is 5.32 Å². The summed E-state index contributed by atoms with van der Waals surface area (Å²) in [4.78, 5) is 14.2. The summed E-state index contributed by atoms with van der Waals surface area (Å²) in [5, 5.41) is 12.0. The second kappa shape index (κ2) is 7.27. The molecule has 1 heterocycles. The van der Waals surface area contributed by atoms with Crippen LogP contribution in [-0.2, 0) is 6.42 Å². The third kappa shape index (κ3) is 3.64. The molecule has 1 N–H and O–H groups in total. The van der Waals surface area contributed by atoms with Crippen molar-refractivity contribution in [2.45, 2.75) is 27.2 Å². The van der Waals surface area contributed by atoms with Crippen molar-refractivity contribution >= 4 is 22.6 Å². The van der Waals surface area contributed by atoms with Crippen molar-refractivity contribution in [2.24, 2.45) is 0 Å². The highest BCUT2D eigenvalue weighted by atomic mass is 16.1. The summed E-state index contributed by atoms with van der Waals surface area (Å²) in [6.07, 6.45) is 0.998. The lowest BCUT2D eigenvalue weighted by Gasteiger charge is -2.07. The van der Waals surface area contributed by atoms with Crippen molar-refractivity contribution in [1.29, 1.82) is 0 Å². The molecular formula is C23H22N4O. The van der Waals surface area contributed by atoms with Gasteiger partial charge >= 0.3 is 0 Å². The fraction of sp³-hybridized carbons (Fsp3) is 0.174. The minimum atomic E-state index is -0.131. The van der Waals surface area contributed by atoms with Crippen LogP contribution in [0.4, 0.5) is 5.69 Å². The quantitative estimate of drug-likeness (QED) is 0.558. The number of anilines is 1. The average Bonchev–Trinajstić information content (AvgIpc) is 3.10. The van der Waals surface area contributed by atoms with Gasteiger partial charge in [0.05, 0.1) is 5.69 Å². The number of aromatic nitrogens is 3. The van der Waals surface area contributed by atoms with Gasteiger partial charge in [-0.1, -0.05) is 36.2 Å². The molecule has 3 aromatic carbocycles. The SMILES string of the molecule is CCc1ccc(-n2nc3ccc(NC(=O)c4cc(C)cc(C)c4)cc3n2)cc1. The lowest BCUT2D eigenvalue weighted by Crippen LogP contribution is -2.12. The molecule has 0 unspecified atom stereocenters. The normalized spacial score (nSPS) is 11.0. The Morgan fingerprint density at radius 2 is 1.57 bits per heavy atom. The first-order valence-electron chi connectivity index (χ1n) is 9.38. The van der Waals surface area contributed by atoms with Gasteiger partial charge in [-0.2, -0.15) is 4.80 Å². The van der Waals surface area contributed by atoms with Gasteiger partial charge in [-0.05, 0) is 68.3 Å². The Labute approximate surface area is 164 Å². The first-order valence-corrected chi connectivity index (χ1v) is 9.38. The number of hydrogen-bond donors (Lipinski definition) is 1. The molecule has 0 radical (unpaired) electrons. The molecule has 4 rings (SSSR count). The van der Waals surface area contributed by atoms with Crippen LogP contribution in [0, 0.1) is 13.8 Å². The Hall–Kier alpha value is -3.47. The van der Waals surface area contributed by atoms with E-state index < -0.39 is 0 Å². The smallest absolute Gasteiger partial charge is 0.255 e. The van der Waals surface area contributed by atoms with Crippen LogP contribution in [0.1, 0.15) is 34.0 Å². The van der Waals surface area contributed by atoms with E-state index in [1.807, 2.05) is 62.4 Å². The Kier molecular flexibility index (Phi) is 4.65. The molecule has 5 heteroatoms. The van der Waals surface area contributed by atoms with Crippen molar-refractivity contribution in [2.75, 3.05) is 5.32 Å². The lowest BCUT2D eigenvalue weighted by molar-refractivity contribution is 0.102. The van der Waals surface area contributed by atoms with Crippen LogP contribution in [0.3, 0.4) is 0 Å². The molecular weight excluding hydrogens is 348 g/mol. The molecule has 0 atom stereocenters. The van der Waals surface area contributed by atoms with Gasteiger partial charge in [0.2, 0.25) is 0 Å². The fourth-order valence-electron chi connectivity index (χ4n) is 3.28. The van der Waals surface area contributed by atoms with E-state index in [-0.39, 0.29) is 5.91 Å². The third-order valence-corrected chi connectivity index (χ3v) is 4.70. The van der Waals surface area contributed by atoms with Crippen molar-refractivity contribution in [3.63, 3.8) is 0 Å². The van der Waals surface area contributed by atoms with E-state index in [0.717, 1.165) is 34.3 Å². The number of nitrogens with one attached hydrogen (secondary N) is 1. The van der Waals surface area contributed by atoms with Crippen LogP contribution in [0.25, 0.3) is 16.7 Å². The van der Waals surface area contributed by atoms with Gasteiger partial charge in [-0.15, -0.1) is 10.2 Å². The van der Waals surface area contributed by atoms with E-state index in [1.165, 1.54) is 5.56 Å². The van der Waals surface area contributed by atoms with Crippen molar-refractivity contribution in [1.82, 2.24) is 15.0 Å². The molecule has 0 aliphatic rings. The van der Waals surface area contributed by atoms with E-state index in [0.29, 0.717) is 11.3 Å². The first kappa shape index (κ1) is 17.9. The summed E-state index contributed by atoms with van der Waals surface area (Å²) in [5.41, 5.74) is 7.19. The Morgan fingerprint density at radius 1 is 0.893 bits per heavy atom. The molecule has 0 bridgehead atoms. The van der Waals surface area contributed by atoms with Gasteiger partial charge in [0.25, 0.3) is 5.91 Å². The number of hydrogen-bond acceptors (Lipinski definition) is 3. The molecule has 140 valence electrons. The summed E-state index contributed by atoms with van der Waals surface area (Å²) in [5.74, 6) is -0.131. The lowest BCUT2D eigenvalue weighted by atomic mass is 10.1. The molecule has 0 aliphatic carbocycles. The fourth-order valence-corrected chi connectivity index (χ4v) is 3.28. The van der Waals surface area contributed by atoms with E-state index in [2.05, 4.69) is 34.6 Å². The van der Waals surface area contributed by atoms with Gasteiger partial charge in [0.15, 0.2) is 0 Å². The van der Waals surface area contributed by atoms with Gasteiger partial charge in [0, 0.05) is 11.3 Å². The number of fused-ring (bicyclic) bond motifs is 1. The maximum Gasteiger partial charge on any atom is 0.255 e. The topological polar surface area (TPSA) is 59.8 Å². The molecule has 5 nitrogen and oxygen atoms in total. The predicted octanol–water partition coefficient (Wildman–Crippen LogP) is 4.85. The van der Waals surface area contributed by atoms with Crippen molar-refractivity contribution < 1.29 is 4.79 Å². The van der Waals surface area contributed by atoms with Crippen LogP contribution in [-0.4, -0.2) is 20.9 Å². The zero-order valence-electron chi connectivity index (χ0n) is 16.2. The maximum absolute atomic E-state index is 12.6. The standard InChI is InChI=1S/C23H22N4O/c1-4-17-5-8-20(9-6-17)27-25-21-10-7-19(14-22(21)26-27)24-23(28)18-12-15(2)11-16(3)13-18/h5-14H,4H2,1-3H3,(H,24,28). The van der Waals surface area contributed by atoms with E-state index >= 15 is 0 Å². The highest BCUT2D eigenvalue weighted by Gasteiger charge is 2.10. The molecule has 0 saturated carbocycles. The van der Waals surface area contributed by atoms with Crippen molar-refractivity contribution in [3.8, 4) is 5.69 Å². The highest BCUT2D eigenvalue weighted by Crippen LogP contribution is 2.19. The monoisotopic (exact) mass is 370 g/mol. The average molecular weight is 370 g/mol. The second-order valence-corrected chi connectivity index (χ2v) is 7.04. The maximum atomic E-state index is 12.6. The third-order valence-electron chi connectivity index (χ3n) is 4.70. The minimum Gasteiger partial charge on any atom is -0.322 e. The Balaban J connectivity index is 1.59. The first-order chi connectivity index (χ1) is 13.5. The number of benzene rings is 3. The molecule has 4 aromatic rings. The summed E-state index contributed by atoms with van der Waals surface area (Å²) in [7, 11) is 0. The zero-order chi connectivity index (χ0) is 19.7. The van der Waals surface area contributed by atoms with Gasteiger partial charge in [0.1, 0.15) is 11.0 Å². The molecule has 28 heavy (non-hydrogen) atoms. The van der Waals surface area contributed by atoms with E-state index in [9.17, 15) is 4.79 Å². The number of carbonyl (C=O) groups is 1.